The Hall–Kier alpha value is -0.830. The van der Waals surface area contributed by atoms with E-state index in [1.165, 1.54) is 11.4 Å². The highest BCUT2D eigenvalue weighted by Gasteiger charge is 2.28. The first-order valence-corrected chi connectivity index (χ1v) is 7.50. The highest BCUT2D eigenvalue weighted by atomic mass is 15.4. The van der Waals surface area contributed by atoms with E-state index in [0.717, 1.165) is 19.6 Å². The minimum absolute atomic E-state index is 0.150. The van der Waals surface area contributed by atoms with Crippen molar-refractivity contribution in [2.24, 2.45) is 0 Å². The number of fused-ring (bicyclic) bond motifs is 1. The van der Waals surface area contributed by atoms with Gasteiger partial charge in [-0.1, -0.05) is 34.6 Å². The van der Waals surface area contributed by atoms with E-state index in [9.17, 15) is 0 Å². The number of rotatable bonds is 0. The van der Waals surface area contributed by atoms with Crippen LogP contribution in [0.4, 0.5) is 0 Å². The summed E-state index contributed by atoms with van der Waals surface area (Å²) in [4.78, 5) is 2.52. The molecule has 1 aliphatic rings. The van der Waals surface area contributed by atoms with Crippen molar-refractivity contribution in [3.8, 4) is 0 Å². The van der Waals surface area contributed by atoms with Crippen LogP contribution in [0.2, 0.25) is 0 Å². The molecule has 0 aliphatic carbocycles. The summed E-state index contributed by atoms with van der Waals surface area (Å²) in [6.07, 6.45) is 0. The summed E-state index contributed by atoms with van der Waals surface area (Å²) in [5.41, 5.74) is 2.97. The molecule has 2 rings (SSSR count). The minimum Gasteiger partial charge on any atom is -0.291 e. The van der Waals surface area contributed by atoms with E-state index in [0.29, 0.717) is 0 Å². The first-order chi connectivity index (χ1) is 8.68. The third-order valence-corrected chi connectivity index (χ3v) is 3.51. The summed E-state index contributed by atoms with van der Waals surface area (Å²) in [6.45, 7) is 20.7. The number of hydrogen-bond donors (Lipinski definition) is 0. The molecule has 0 aromatic carbocycles. The van der Waals surface area contributed by atoms with Crippen LogP contribution >= 0.6 is 0 Å². The summed E-state index contributed by atoms with van der Waals surface area (Å²) in [5.74, 6) is 0. The van der Waals surface area contributed by atoms with Crippen molar-refractivity contribution in [1.82, 2.24) is 14.7 Å². The molecule has 1 aromatic heterocycles. The van der Waals surface area contributed by atoms with Gasteiger partial charge in [-0.2, -0.15) is 5.10 Å². The van der Waals surface area contributed by atoms with E-state index in [-0.39, 0.29) is 11.0 Å². The van der Waals surface area contributed by atoms with E-state index in [1.54, 1.807) is 0 Å². The zero-order chi connectivity index (χ0) is 14.8. The Labute approximate surface area is 119 Å². The second-order valence-corrected chi connectivity index (χ2v) is 7.09. The van der Waals surface area contributed by atoms with Crippen molar-refractivity contribution in [2.45, 2.75) is 79.4 Å². The molecule has 0 atom stereocenters. The maximum Gasteiger partial charge on any atom is 0.0681 e. The van der Waals surface area contributed by atoms with Crippen molar-refractivity contribution in [3.05, 3.63) is 17.5 Å². The quantitative estimate of drug-likeness (QED) is 0.711. The molecular formula is C16H31N3. The average molecular weight is 265 g/mol. The number of aromatic nitrogens is 2. The molecular weight excluding hydrogens is 234 g/mol. The SMILES string of the molecule is CC.CC(C)(C)c1cc2n(n1)CCN(C(C)(C)C)C2. The average Bonchev–Trinajstić information content (AvgIpc) is 2.72. The molecule has 0 unspecified atom stereocenters. The molecule has 3 nitrogen and oxygen atoms in total. The Morgan fingerprint density at radius 1 is 1.00 bits per heavy atom. The predicted molar refractivity (Wildman–Crippen MR) is 82.4 cm³/mol. The molecule has 0 saturated carbocycles. The molecule has 0 fully saturated rings. The van der Waals surface area contributed by atoms with Crippen LogP contribution in [0.5, 0.6) is 0 Å². The number of hydrogen-bond acceptors (Lipinski definition) is 2. The molecule has 0 radical (unpaired) electrons. The van der Waals surface area contributed by atoms with Crippen LogP contribution in [0, 0.1) is 0 Å². The lowest BCUT2D eigenvalue weighted by Gasteiger charge is -2.38. The molecule has 19 heavy (non-hydrogen) atoms. The Morgan fingerprint density at radius 3 is 2.05 bits per heavy atom. The predicted octanol–water partition coefficient (Wildman–Crippen LogP) is 3.82. The Morgan fingerprint density at radius 2 is 1.58 bits per heavy atom. The summed E-state index contributed by atoms with van der Waals surface area (Å²) in [5, 5.41) is 4.73. The highest BCUT2D eigenvalue weighted by Crippen LogP contribution is 2.26. The Bertz CT molecular complexity index is 405. The first kappa shape index (κ1) is 16.2. The maximum atomic E-state index is 4.73. The summed E-state index contributed by atoms with van der Waals surface area (Å²) in [7, 11) is 0. The monoisotopic (exact) mass is 265 g/mol. The van der Waals surface area contributed by atoms with Gasteiger partial charge in [-0.3, -0.25) is 9.58 Å². The Kier molecular flexibility index (Phi) is 4.83. The number of nitrogens with zero attached hydrogens (tertiary/aromatic N) is 3. The zero-order valence-corrected chi connectivity index (χ0v) is 14.0. The van der Waals surface area contributed by atoms with Gasteiger partial charge in [0.15, 0.2) is 0 Å². The standard InChI is InChI=1S/C14H25N3.C2H6/c1-13(2,3)12-9-11-10-16(14(4,5)6)7-8-17(11)15-12;1-2/h9H,7-8,10H2,1-6H3;1-2H3. The van der Waals surface area contributed by atoms with Crippen LogP contribution in [0.1, 0.15) is 66.8 Å². The van der Waals surface area contributed by atoms with E-state index in [1.807, 2.05) is 13.8 Å². The first-order valence-electron chi connectivity index (χ1n) is 7.50. The van der Waals surface area contributed by atoms with Gasteiger partial charge in [0.25, 0.3) is 0 Å². The minimum atomic E-state index is 0.150. The van der Waals surface area contributed by atoms with Gasteiger partial charge in [-0.25, -0.2) is 0 Å². The third-order valence-electron chi connectivity index (χ3n) is 3.51. The largest absolute Gasteiger partial charge is 0.291 e. The van der Waals surface area contributed by atoms with Gasteiger partial charge in [0.2, 0.25) is 0 Å². The molecule has 0 saturated heterocycles. The smallest absolute Gasteiger partial charge is 0.0681 e. The van der Waals surface area contributed by atoms with Gasteiger partial charge in [0.1, 0.15) is 0 Å². The molecule has 0 amide bonds. The van der Waals surface area contributed by atoms with E-state index >= 15 is 0 Å². The molecule has 2 heterocycles. The summed E-state index contributed by atoms with van der Waals surface area (Å²) < 4.78 is 2.18. The summed E-state index contributed by atoms with van der Waals surface area (Å²) >= 11 is 0. The van der Waals surface area contributed by atoms with Gasteiger partial charge in [0.05, 0.1) is 17.9 Å². The van der Waals surface area contributed by atoms with Gasteiger partial charge in [0, 0.05) is 24.0 Å². The van der Waals surface area contributed by atoms with Gasteiger partial charge in [-0.05, 0) is 26.8 Å². The van der Waals surface area contributed by atoms with E-state index < -0.39 is 0 Å². The van der Waals surface area contributed by atoms with Crippen LogP contribution in [0.25, 0.3) is 0 Å². The van der Waals surface area contributed by atoms with E-state index in [2.05, 4.69) is 57.2 Å². The zero-order valence-electron chi connectivity index (χ0n) is 14.0. The highest BCUT2D eigenvalue weighted by molar-refractivity contribution is 5.18. The van der Waals surface area contributed by atoms with Gasteiger partial charge < -0.3 is 0 Å². The van der Waals surface area contributed by atoms with Crippen LogP contribution < -0.4 is 0 Å². The molecule has 0 spiro atoms. The van der Waals surface area contributed by atoms with Crippen LogP contribution in [-0.2, 0) is 18.5 Å². The van der Waals surface area contributed by atoms with Gasteiger partial charge >= 0.3 is 0 Å². The van der Waals surface area contributed by atoms with Crippen LogP contribution in [0.15, 0.2) is 6.07 Å². The maximum absolute atomic E-state index is 4.73. The normalized spacial score (nSPS) is 16.6. The Balaban J connectivity index is 0.000000861. The van der Waals surface area contributed by atoms with Crippen LogP contribution in [-0.4, -0.2) is 26.8 Å². The second-order valence-electron chi connectivity index (χ2n) is 7.09. The topological polar surface area (TPSA) is 21.1 Å². The van der Waals surface area contributed by atoms with Gasteiger partial charge in [-0.15, -0.1) is 0 Å². The molecule has 0 bridgehead atoms. The lowest BCUT2D eigenvalue weighted by atomic mass is 9.92. The van der Waals surface area contributed by atoms with Crippen molar-refractivity contribution >= 4 is 0 Å². The molecule has 0 N–H and O–H groups in total. The lowest BCUT2D eigenvalue weighted by Crippen LogP contribution is -2.45. The van der Waals surface area contributed by atoms with Crippen LogP contribution in [0.3, 0.4) is 0 Å². The second kappa shape index (κ2) is 5.66. The molecule has 1 aromatic rings. The summed E-state index contributed by atoms with van der Waals surface area (Å²) in [6, 6.07) is 2.28. The van der Waals surface area contributed by atoms with Crippen molar-refractivity contribution in [3.63, 3.8) is 0 Å². The molecule has 110 valence electrons. The van der Waals surface area contributed by atoms with Crippen molar-refractivity contribution < 1.29 is 0 Å². The lowest BCUT2D eigenvalue weighted by molar-refractivity contribution is 0.0989. The fourth-order valence-electron chi connectivity index (χ4n) is 2.21. The van der Waals surface area contributed by atoms with Crippen molar-refractivity contribution in [2.75, 3.05) is 6.54 Å². The van der Waals surface area contributed by atoms with E-state index in [4.69, 9.17) is 5.10 Å². The fourth-order valence-corrected chi connectivity index (χ4v) is 2.21. The molecule has 1 aliphatic heterocycles. The molecule has 3 heteroatoms. The third kappa shape index (κ3) is 3.82. The fraction of sp³-hybridized carbons (Fsp3) is 0.812. The van der Waals surface area contributed by atoms with Crippen molar-refractivity contribution in [1.29, 1.82) is 0 Å².